The zero-order chi connectivity index (χ0) is 16.8. The van der Waals surface area contributed by atoms with Crippen molar-refractivity contribution in [2.75, 3.05) is 13.2 Å². The Hall–Kier alpha value is -0.880. The standard InChI is InChI=1S/C6H12O13P2/c7-1-3(9)5(11)17-21(16,19-20(13,14)15)18-6(12)4(10)2-8/h3-4,7-10H,1-2H2,(H2,13,14,15). The maximum atomic E-state index is 11.7. The van der Waals surface area contributed by atoms with Crippen LogP contribution in [0.25, 0.3) is 0 Å². The fraction of sp³-hybridized carbons (Fsp3) is 0.667. The molecule has 0 aromatic heterocycles. The van der Waals surface area contributed by atoms with Gasteiger partial charge in [0.15, 0.2) is 12.2 Å². The molecular formula is C6H12O13P2. The lowest BCUT2D eigenvalue weighted by atomic mass is 10.4. The Kier molecular flexibility index (Phi) is 7.61. The lowest BCUT2D eigenvalue weighted by Gasteiger charge is -2.18. The van der Waals surface area contributed by atoms with Gasteiger partial charge in [-0.2, -0.15) is 4.31 Å². The predicted molar refractivity (Wildman–Crippen MR) is 59.1 cm³/mol. The Balaban J connectivity index is 5.20. The van der Waals surface area contributed by atoms with Gasteiger partial charge in [0, 0.05) is 0 Å². The van der Waals surface area contributed by atoms with E-state index >= 15 is 0 Å². The predicted octanol–water partition coefficient (Wildman–Crippen LogP) is -3.00. The molecule has 0 fully saturated rings. The number of phosphoric acid groups is 2. The van der Waals surface area contributed by atoms with Crippen molar-refractivity contribution < 1.29 is 62.3 Å². The van der Waals surface area contributed by atoms with Crippen molar-refractivity contribution in [1.29, 1.82) is 0 Å². The van der Waals surface area contributed by atoms with Crippen LogP contribution < -0.4 is 0 Å². The van der Waals surface area contributed by atoms with Crippen LogP contribution in [0, 0.1) is 0 Å². The van der Waals surface area contributed by atoms with E-state index in [4.69, 9.17) is 30.2 Å². The second kappa shape index (κ2) is 7.94. The van der Waals surface area contributed by atoms with Crippen LogP contribution in [0.3, 0.4) is 0 Å². The van der Waals surface area contributed by atoms with Gasteiger partial charge < -0.3 is 39.3 Å². The molecular weight excluding hydrogens is 342 g/mol. The highest BCUT2D eigenvalue weighted by Crippen LogP contribution is 2.61. The molecule has 0 amide bonds. The van der Waals surface area contributed by atoms with Crippen molar-refractivity contribution in [1.82, 2.24) is 0 Å². The minimum Gasteiger partial charge on any atom is -0.393 e. The first-order valence-electron chi connectivity index (χ1n) is 4.85. The first kappa shape index (κ1) is 20.1. The molecule has 21 heavy (non-hydrogen) atoms. The summed E-state index contributed by atoms with van der Waals surface area (Å²) >= 11 is 0. The fourth-order valence-electron chi connectivity index (χ4n) is 0.673. The Morgan fingerprint density at radius 3 is 1.48 bits per heavy atom. The zero-order valence-electron chi connectivity index (χ0n) is 10.0. The first-order chi connectivity index (χ1) is 9.44. The highest BCUT2D eigenvalue weighted by atomic mass is 31.3. The molecule has 0 spiro atoms. The second-order valence-electron chi connectivity index (χ2n) is 3.24. The SMILES string of the molecule is O=C(OP(=O)(OC(=O)C(O)CO)OP(=O)(O)O)C(O)CO. The number of aliphatic hydroxyl groups excluding tert-OH is 4. The van der Waals surface area contributed by atoms with Crippen molar-refractivity contribution >= 4 is 27.6 Å². The molecule has 2 unspecified atom stereocenters. The maximum Gasteiger partial charge on any atom is 0.601 e. The van der Waals surface area contributed by atoms with E-state index in [0.29, 0.717) is 0 Å². The summed E-state index contributed by atoms with van der Waals surface area (Å²) in [6.45, 7) is -2.41. The van der Waals surface area contributed by atoms with Gasteiger partial charge >= 0.3 is 27.6 Å². The van der Waals surface area contributed by atoms with E-state index in [1.54, 1.807) is 0 Å². The Bertz CT molecular complexity index is 439. The van der Waals surface area contributed by atoms with Gasteiger partial charge in [0.05, 0.1) is 13.2 Å². The average Bonchev–Trinajstić information content (AvgIpc) is 2.33. The fourth-order valence-corrected chi connectivity index (χ4v) is 2.70. The normalized spacial score (nSPS) is 17.4. The summed E-state index contributed by atoms with van der Waals surface area (Å²) < 4.78 is 33.4. The van der Waals surface area contributed by atoms with E-state index < -0.39 is 53.0 Å². The summed E-state index contributed by atoms with van der Waals surface area (Å²) in [5.74, 6) is -3.78. The Labute approximate surface area is 116 Å². The van der Waals surface area contributed by atoms with Gasteiger partial charge in [0.2, 0.25) is 0 Å². The molecule has 0 aliphatic carbocycles. The highest BCUT2D eigenvalue weighted by Gasteiger charge is 2.44. The van der Waals surface area contributed by atoms with E-state index in [0.717, 1.165) is 0 Å². The third kappa shape index (κ3) is 7.62. The van der Waals surface area contributed by atoms with Crippen molar-refractivity contribution in [3.63, 3.8) is 0 Å². The van der Waals surface area contributed by atoms with Crippen molar-refractivity contribution in [2.24, 2.45) is 0 Å². The lowest BCUT2D eigenvalue weighted by molar-refractivity contribution is -0.152. The number of carbonyl (C=O) groups excluding carboxylic acids is 2. The number of rotatable bonds is 8. The van der Waals surface area contributed by atoms with Crippen LogP contribution in [0.15, 0.2) is 0 Å². The van der Waals surface area contributed by atoms with E-state index in [2.05, 4.69) is 13.4 Å². The maximum absolute atomic E-state index is 11.7. The van der Waals surface area contributed by atoms with Crippen LogP contribution in [0.1, 0.15) is 0 Å². The zero-order valence-corrected chi connectivity index (χ0v) is 11.8. The summed E-state index contributed by atoms with van der Waals surface area (Å²) in [7, 11) is -11.2. The molecule has 0 bridgehead atoms. The molecule has 0 rings (SSSR count). The van der Waals surface area contributed by atoms with Gasteiger partial charge in [-0.25, -0.2) is 18.7 Å². The van der Waals surface area contributed by atoms with Crippen molar-refractivity contribution in [2.45, 2.75) is 12.2 Å². The number of aliphatic hydroxyl groups is 4. The molecule has 0 saturated carbocycles. The van der Waals surface area contributed by atoms with Crippen molar-refractivity contribution in [3.05, 3.63) is 0 Å². The summed E-state index contributed by atoms with van der Waals surface area (Å²) in [6, 6.07) is 0. The minimum absolute atomic E-state index is 1.21. The molecule has 0 radical (unpaired) electrons. The number of phosphoric ester groups is 1. The third-order valence-corrected chi connectivity index (χ3v) is 3.96. The van der Waals surface area contributed by atoms with E-state index in [1.807, 2.05) is 0 Å². The van der Waals surface area contributed by atoms with Crippen LogP contribution in [-0.2, 0) is 32.1 Å². The molecule has 13 nitrogen and oxygen atoms in total. The summed E-state index contributed by atoms with van der Waals surface area (Å²) in [5, 5.41) is 34.6. The summed E-state index contributed by atoms with van der Waals surface area (Å²) in [4.78, 5) is 39.1. The minimum atomic E-state index is -5.59. The van der Waals surface area contributed by atoms with Gasteiger partial charge in [-0.1, -0.05) is 0 Å². The Morgan fingerprint density at radius 1 is 0.905 bits per heavy atom. The molecule has 15 heteroatoms. The molecule has 124 valence electrons. The quantitative estimate of drug-likeness (QED) is 0.240. The average molecular weight is 354 g/mol. The summed E-state index contributed by atoms with van der Waals surface area (Å²) in [6.07, 6.45) is -4.53. The molecule has 0 aliphatic heterocycles. The first-order valence-corrected chi connectivity index (χ1v) is 7.85. The molecule has 2 atom stereocenters. The number of carbonyl (C=O) groups is 2. The van der Waals surface area contributed by atoms with Crippen LogP contribution in [0.2, 0.25) is 0 Å². The topological polar surface area (TPSA) is 217 Å². The molecule has 0 heterocycles. The largest absolute Gasteiger partial charge is 0.601 e. The van der Waals surface area contributed by atoms with Crippen molar-refractivity contribution in [3.8, 4) is 0 Å². The Morgan fingerprint density at radius 2 is 1.24 bits per heavy atom. The van der Waals surface area contributed by atoms with Crippen LogP contribution >= 0.6 is 15.6 Å². The highest BCUT2D eigenvalue weighted by molar-refractivity contribution is 7.61. The van der Waals surface area contributed by atoms with E-state index in [-0.39, 0.29) is 0 Å². The summed E-state index contributed by atoms with van der Waals surface area (Å²) in [5.41, 5.74) is 0. The number of hydrogen-bond acceptors (Lipinski definition) is 11. The lowest BCUT2D eigenvalue weighted by Crippen LogP contribution is -2.29. The van der Waals surface area contributed by atoms with Gasteiger partial charge in [0.25, 0.3) is 0 Å². The van der Waals surface area contributed by atoms with Gasteiger partial charge in [-0.05, 0) is 0 Å². The van der Waals surface area contributed by atoms with Crippen LogP contribution in [0.4, 0.5) is 0 Å². The molecule has 0 aliphatic rings. The molecule has 0 aromatic carbocycles. The molecule has 0 saturated heterocycles. The van der Waals surface area contributed by atoms with E-state index in [9.17, 15) is 18.7 Å². The third-order valence-electron chi connectivity index (χ3n) is 1.50. The van der Waals surface area contributed by atoms with Crippen LogP contribution in [0.5, 0.6) is 0 Å². The number of hydrogen-bond donors (Lipinski definition) is 6. The van der Waals surface area contributed by atoms with Gasteiger partial charge in [0.1, 0.15) is 0 Å². The monoisotopic (exact) mass is 354 g/mol. The van der Waals surface area contributed by atoms with Gasteiger partial charge in [-0.15, -0.1) is 0 Å². The smallest absolute Gasteiger partial charge is 0.393 e. The van der Waals surface area contributed by atoms with Gasteiger partial charge in [-0.3, -0.25) is 0 Å². The second-order valence-corrected chi connectivity index (χ2v) is 6.13. The molecule has 0 aromatic rings. The van der Waals surface area contributed by atoms with E-state index in [1.165, 1.54) is 0 Å². The molecule has 6 N–H and O–H groups in total. The van der Waals surface area contributed by atoms with Crippen LogP contribution in [-0.4, -0.2) is 67.6 Å².